The molecule has 0 amide bonds. The average molecular weight is 375 g/mol. The van der Waals surface area contributed by atoms with Crippen molar-refractivity contribution in [3.63, 3.8) is 0 Å². The minimum Gasteiger partial charge on any atom is 0 e. The van der Waals surface area contributed by atoms with E-state index in [1.807, 2.05) is 43.3 Å². The van der Waals surface area contributed by atoms with Gasteiger partial charge in [-0.25, -0.2) is 0 Å². The van der Waals surface area contributed by atoms with Crippen LogP contribution in [0.4, 0.5) is 0 Å². The van der Waals surface area contributed by atoms with Gasteiger partial charge in [-0.3, -0.25) is 4.99 Å². The maximum atomic E-state index is 7.50. The Morgan fingerprint density at radius 1 is 0.840 bits per heavy atom. The summed E-state index contributed by atoms with van der Waals surface area (Å²) in [7, 11) is 0. The molecule has 0 aliphatic heterocycles. The van der Waals surface area contributed by atoms with Gasteiger partial charge in [-0.05, 0) is 24.1 Å². The summed E-state index contributed by atoms with van der Waals surface area (Å²) < 4.78 is 22.5. The second kappa shape index (κ2) is 21.6. The molecular weight excluding hydrogens is 358 g/mol. The Morgan fingerprint density at radius 2 is 1.28 bits per heavy atom. The summed E-state index contributed by atoms with van der Waals surface area (Å²) in [6.07, 6.45) is 4.14. The van der Waals surface area contributed by atoms with Crippen LogP contribution in [-0.2, 0) is 37.6 Å². The molecule has 0 bridgehead atoms. The fourth-order valence-electron chi connectivity index (χ4n) is 1.63. The van der Waals surface area contributed by atoms with Crippen molar-refractivity contribution in [2.24, 2.45) is 4.99 Å². The molecule has 0 heterocycles. The Labute approximate surface area is 159 Å². The molecular formula is C20H17FeNO3. The summed E-state index contributed by atoms with van der Waals surface area (Å²) in [5.74, 6) is 0. The quantitative estimate of drug-likeness (QED) is 0.332. The van der Waals surface area contributed by atoms with Crippen LogP contribution in [-0.4, -0.2) is 5.71 Å². The number of nitrogens with zero attached hydrogens (tertiary/aromatic N) is 1. The minimum atomic E-state index is 0. The average Bonchev–Trinajstić information content (AvgIpc) is 2.71. The molecule has 25 heavy (non-hydrogen) atoms. The first-order valence-electron chi connectivity index (χ1n) is 6.74. The maximum absolute atomic E-state index is 7.50. The molecule has 2 rings (SSSR count). The fraction of sp³-hybridized carbons (Fsp3) is 0.100. The number of hydrogen-bond donors (Lipinski definition) is 0. The normalized spacial score (nSPS) is 8.84. The molecule has 2 aromatic rings. The summed E-state index contributed by atoms with van der Waals surface area (Å²) in [5.41, 5.74) is 3.49. The van der Waals surface area contributed by atoms with Crippen LogP contribution in [0.5, 0.6) is 0 Å². The molecule has 128 valence electrons. The van der Waals surface area contributed by atoms with Crippen LogP contribution >= 0.6 is 0 Å². The summed E-state index contributed by atoms with van der Waals surface area (Å²) >= 11 is 0. The van der Waals surface area contributed by atoms with Gasteiger partial charge in [0, 0.05) is 22.8 Å². The SMILES string of the molecule is CC(/C=C/c1ccccc1)=NCc1ccccc1.[C-]#[O+].[C-]#[O+].[C-]#[O+].[Fe]. The summed E-state index contributed by atoms with van der Waals surface area (Å²) in [4.78, 5) is 4.54. The van der Waals surface area contributed by atoms with E-state index in [1.54, 1.807) is 0 Å². The Balaban J connectivity index is -0.000000626. The summed E-state index contributed by atoms with van der Waals surface area (Å²) in [5, 5.41) is 0. The van der Waals surface area contributed by atoms with Crippen molar-refractivity contribution < 1.29 is 31.0 Å². The summed E-state index contributed by atoms with van der Waals surface area (Å²) in [6.45, 7) is 16.3. The molecule has 2 aromatic carbocycles. The topological polar surface area (TPSA) is 72.1 Å². The number of benzene rings is 2. The van der Waals surface area contributed by atoms with Crippen LogP contribution in [0.2, 0.25) is 0 Å². The van der Waals surface area contributed by atoms with E-state index in [-0.39, 0.29) is 17.1 Å². The molecule has 0 unspecified atom stereocenters. The number of hydrogen-bond acceptors (Lipinski definition) is 1. The molecule has 0 saturated heterocycles. The molecule has 0 atom stereocenters. The third-order valence-electron chi connectivity index (χ3n) is 2.67. The minimum absolute atomic E-state index is 0. The Bertz CT molecular complexity index is 645. The summed E-state index contributed by atoms with van der Waals surface area (Å²) in [6, 6.07) is 20.6. The van der Waals surface area contributed by atoms with Crippen molar-refractivity contribution in [1.29, 1.82) is 0 Å². The standard InChI is InChI=1S/C17H17N.3CO.Fe/c1-15(12-13-16-8-4-2-5-9-16)18-14-17-10-6-3-7-11-17;3*1-2;/h2-13H,14H2,1H3;;;;/b13-12+,18-15?;;;;. The van der Waals surface area contributed by atoms with Gasteiger partial charge in [0.25, 0.3) is 0 Å². The van der Waals surface area contributed by atoms with Crippen molar-refractivity contribution in [1.82, 2.24) is 0 Å². The second-order valence-corrected chi connectivity index (χ2v) is 4.19. The molecule has 4 nitrogen and oxygen atoms in total. The van der Waals surface area contributed by atoms with E-state index in [9.17, 15) is 0 Å². The van der Waals surface area contributed by atoms with Gasteiger partial charge in [0.1, 0.15) is 0 Å². The van der Waals surface area contributed by atoms with Gasteiger partial charge in [-0.15, -0.1) is 0 Å². The van der Waals surface area contributed by atoms with Gasteiger partial charge in [0.2, 0.25) is 0 Å². The maximum Gasteiger partial charge on any atom is 0 e. The van der Waals surface area contributed by atoms with E-state index >= 15 is 0 Å². The van der Waals surface area contributed by atoms with Crippen LogP contribution in [0.1, 0.15) is 18.1 Å². The smallest absolute Gasteiger partial charge is 0 e. The Hall–Kier alpha value is -2.41. The van der Waals surface area contributed by atoms with Crippen molar-refractivity contribution >= 4 is 11.8 Å². The predicted octanol–water partition coefficient (Wildman–Crippen LogP) is 4.25. The predicted molar refractivity (Wildman–Crippen MR) is 90.5 cm³/mol. The van der Waals surface area contributed by atoms with Crippen LogP contribution in [0, 0.1) is 20.0 Å². The molecule has 0 aliphatic rings. The van der Waals surface area contributed by atoms with Gasteiger partial charge in [-0.2, -0.15) is 0 Å². The van der Waals surface area contributed by atoms with Gasteiger partial charge in [-0.1, -0.05) is 66.7 Å². The van der Waals surface area contributed by atoms with Gasteiger partial charge < -0.3 is 0 Å². The molecule has 5 heteroatoms. The second-order valence-electron chi connectivity index (χ2n) is 4.19. The van der Waals surface area contributed by atoms with Crippen molar-refractivity contribution in [2.75, 3.05) is 0 Å². The Kier molecular flexibility index (Phi) is 23.7. The molecule has 0 spiro atoms. The van der Waals surface area contributed by atoms with Crippen molar-refractivity contribution in [2.45, 2.75) is 13.5 Å². The molecule has 0 aliphatic carbocycles. The largest absolute Gasteiger partial charge is 0 e. The number of rotatable bonds is 4. The van der Waals surface area contributed by atoms with E-state index in [1.165, 1.54) is 11.1 Å². The van der Waals surface area contributed by atoms with E-state index in [2.05, 4.69) is 61.4 Å². The zero-order valence-electron chi connectivity index (χ0n) is 13.7. The number of aliphatic imine (C=N–C) groups is 1. The monoisotopic (exact) mass is 375 g/mol. The first-order chi connectivity index (χ1) is 11.8. The zero-order valence-corrected chi connectivity index (χ0v) is 14.8. The molecule has 0 saturated carbocycles. The third-order valence-corrected chi connectivity index (χ3v) is 2.67. The van der Waals surface area contributed by atoms with Crippen LogP contribution in [0.3, 0.4) is 0 Å². The number of allylic oxidation sites excluding steroid dienone is 1. The first-order valence-corrected chi connectivity index (χ1v) is 6.74. The molecule has 0 radical (unpaired) electrons. The van der Waals surface area contributed by atoms with E-state index in [0.29, 0.717) is 0 Å². The van der Waals surface area contributed by atoms with Crippen molar-refractivity contribution in [3.8, 4) is 0 Å². The first kappa shape index (κ1) is 27.4. The van der Waals surface area contributed by atoms with E-state index in [4.69, 9.17) is 14.0 Å². The zero-order chi connectivity index (χ0) is 18.6. The van der Waals surface area contributed by atoms with Gasteiger partial charge in [0.05, 0.1) is 6.54 Å². The molecule has 0 fully saturated rings. The van der Waals surface area contributed by atoms with E-state index < -0.39 is 0 Å². The molecule has 0 N–H and O–H groups in total. The third kappa shape index (κ3) is 14.9. The van der Waals surface area contributed by atoms with Crippen LogP contribution < -0.4 is 0 Å². The van der Waals surface area contributed by atoms with E-state index in [0.717, 1.165) is 12.3 Å². The van der Waals surface area contributed by atoms with Gasteiger partial charge >= 0.3 is 33.9 Å². The van der Waals surface area contributed by atoms with Crippen LogP contribution in [0.25, 0.3) is 6.08 Å². The fourth-order valence-corrected chi connectivity index (χ4v) is 1.63. The van der Waals surface area contributed by atoms with Crippen LogP contribution in [0.15, 0.2) is 71.7 Å². The molecule has 0 aromatic heterocycles. The van der Waals surface area contributed by atoms with Crippen molar-refractivity contribution in [3.05, 3.63) is 97.8 Å². The Morgan fingerprint density at radius 3 is 1.76 bits per heavy atom. The van der Waals surface area contributed by atoms with Gasteiger partial charge in [0.15, 0.2) is 0 Å².